The molecule has 0 unspecified atom stereocenters. The van der Waals surface area contributed by atoms with Crippen molar-refractivity contribution < 1.29 is 14.8 Å². The van der Waals surface area contributed by atoms with Crippen molar-refractivity contribution in [1.82, 2.24) is 9.38 Å². The summed E-state index contributed by atoms with van der Waals surface area (Å²) in [6, 6.07) is 9.99. The number of para-hydroxylation sites is 2. The van der Waals surface area contributed by atoms with Crippen LogP contribution in [-0.2, 0) is 0 Å². The van der Waals surface area contributed by atoms with Crippen LogP contribution in [0.1, 0.15) is 12.5 Å². The van der Waals surface area contributed by atoms with Gasteiger partial charge in [0.2, 0.25) is 5.75 Å². The van der Waals surface area contributed by atoms with Gasteiger partial charge in [-0.15, -0.1) is 0 Å². The summed E-state index contributed by atoms with van der Waals surface area (Å²) in [5.74, 6) is -0.537. The number of nitrogens with zero attached hydrogens (tertiary/aromatic N) is 3. The maximum absolute atomic E-state index is 12.8. The fraction of sp³-hybridized carbons (Fsp3) is 0.111. The number of hydrogen-bond acceptors (Lipinski definition) is 7. The number of phenols is 1. The third kappa shape index (κ3) is 2.77. The number of rotatable bonds is 4. The van der Waals surface area contributed by atoms with Crippen molar-refractivity contribution in [3.05, 3.63) is 67.0 Å². The molecular formula is C18H13N3O5S. The number of ether oxygens (including phenoxy) is 1. The van der Waals surface area contributed by atoms with E-state index in [9.17, 15) is 20.0 Å². The Bertz CT molecular complexity index is 1310. The molecule has 27 heavy (non-hydrogen) atoms. The number of benzene rings is 2. The van der Waals surface area contributed by atoms with E-state index < -0.39 is 16.4 Å². The lowest BCUT2D eigenvalue weighted by atomic mass is 10.1. The van der Waals surface area contributed by atoms with Crippen LogP contribution >= 0.6 is 11.3 Å². The number of aromatic hydroxyl groups is 1. The topological polar surface area (TPSA) is 107 Å². The first-order valence-electron chi connectivity index (χ1n) is 8.05. The van der Waals surface area contributed by atoms with Crippen LogP contribution in [0.3, 0.4) is 0 Å². The van der Waals surface area contributed by atoms with Gasteiger partial charge in [-0.3, -0.25) is 14.9 Å². The molecule has 0 amide bonds. The smallest absolute Gasteiger partial charge is 0.315 e. The molecule has 8 nitrogen and oxygen atoms in total. The first-order chi connectivity index (χ1) is 13.0. The molecule has 0 bridgehead atoms. The van der Waals surface area contributed by atoms with E-state index >= 15 is 0 Å². The molecule has 0 saturated carbocycles. The number of phenolic OH excluding ortho intramolecular Hbond substituents is 1. The van der Waals surface area contributed by atoms with Crippen molar-refractivity contribution in [2.75, 3.05) is 6.61 Å². The van der Waals surface area contributed by atoms with Crippen LogP contribution in [-0.4, -0.2) is 26.0 Å². The number of thiazole rings is 1. The molecule has 1 N–H and O–H groups in total. The molecule has 0 aliphatic carbocycles. The van der Waals surface area contributed by atoms with E-state index in [4.69, 9.17) is 4.74 Å². The standard InChI is InChI=1S/C18H13N3O5S/c1-2-26-14-8-10(7-13(16(14)22)21(24)25)9-15-17(23)20-12-6-4-3-5-11(12)19-18(20)27-15/h3-9,22H,2H2,1H3. The Labute approximate surface area is 155 Å². The summed E-state index contributed by atoms with van der Waals surface area (Å²) in [6.45, 7) is 1.94. The van der Waals surface area contributed by atoms with E-state index in [2.05, 4.69) is 4.98 Å². The molecule has 0 saturated heterocycles. The van der Waals surface area contributed by atoms with Crippen LogP contribution in [0.25, 0.3) is 22.1 Å². The quantitative estimate of drug-likeness (QED) is 0.429. The SMILES string of the molecule is CCOc1cc(C=c2sc3nc4ccccc4n3c2=O)cc([N+](=O)[O-])c1O. The zero-order chi connectivity index (χ0) is 19.1. The van der Waals surface area contributed by atoms with Crippen molar-refractivity contribution >= 4 is 39.1 Å². The molecular weight excluding hydrogens is 370 g/mol. The molecule has 2 heterocycles. The van der Waals surface area contributed by atoms with Crippen molar-refractivity contribution in [1.29, 1.82) is 0 Å². The maximum atomic E-state index is 12.8. The predicted octanol–water partition coefficient (Wildman–Crippen LogP) is 2.47. The van der Waals surface area contributed by atoms with Crippen molar-refractivity contribution in [3.8, 4) is 11.5 Å². The van der Waals surface area contributed by atoms with Gasteiger partial charge in [-0.2, -0.15) is 0 Å². The normalized spacial score (nSPS) is 12.1. The average molecular weight is 383 g/mol. The summed E-state index contributed by atoms with van der Waals surface area (Å²) in [5.41, 5.74) is 1.09. The number of aromatic nitrogens is 2. The minimum Gasteiger partial charge on any atom is -0.500 e. The second-order valence-corrected chi connectivity index (χ2v) is 6.72. The van der Waals surface area contributed by atoms with Gasteiger partial charge in [-0.1, -0.05) is 23.5 Å². The van der Waals surface area contributed by atoms with E-state index in [-0.39, 0.29) is 17.9 Å². The van der Waals surface area contributed by atoms with Gasteiger partial charge >= 0.3 is 5.69 Å². The summed E-state index contributed by atoms with van der Waals surface area (Å²) >= 11 is 1.19. The molecule has 0 aliphatic rings. The number of nitro groups is 1. The Morgan fingerprint density at radius 1 is 1.37 bits per heavy atom. The van der Waals surface area contributed by atoms with Crippen LogP contribution in [0.5, 0.6) is 11.5 Å². The molecule has 4 rings (SSSR count). The summed E-state index contributed by atoms with van der Waals surface area (Å²) in [7, 11) is 0. The lowest BCUT2D eigenvalue weighted by molar-refractivity contribution is -0.386. The molecule has 9 heteroatoms. The number of hydrogen-bond donors (Lipinski definition) is 1. The Hall–Kier alpha value is -3.46. The second kappa shape index (κ2) is 6.36. The molecule has 0 fully saturated rings. The predicted molar refractivity (Wildman–Crippen MR) is 102 cm³/mol. The highest BCUT2D eigenvalue weighted by Crippen LogP contribution is 2.37. The first kappa shape index (κ1) is 17.0. The number of fused-ring (bicyclic) bond motifs is 3. The molecule has 4 aromatic rings. The third-order valence-corrected chi connectivity index (χ3v) is 4.99. The minimum atomic E-state index is -0.692. The van der Waals surface area contributed by atoms with Gasteiger partial charge in [0.25, 0.3) is 5.56 Å². The van der Waals surface area contributed by atoms with E-state index in [1.54, 1.807) is 6.92 Å². The van der Waals surface area contributed by atoms with E-state index in [1.807, 2.05) is 24.3 Å². The van der Waals surface area contributed by atoms with Gasteiger partial charge in [0.05, 0.1) is 27.1 Å². The Kier molecular flexibility index (Phi) is 4.00. The van der Waals surface area contributed by atoms with Crippen LogP contribution in [0.15, 0.2) is 41.2 Å². The fourth-order valence-corrected chi connectivity index (χ4v) is 3.85. The highest BCUT2D eigenvalue weighted by molar-refractivity contribution is 7.15. The van der Waals surface area contributed by atoms with Crippen molar-refractivity contribution in [2.24, 2.45) is 0 Å². The van der Waals surface area contributed by atoms with E-state index in [0.29, 0.717) is 20.6 Å². The summed E-state index contributed by atoms with van der Waals surface area (Å²) in [6.07, 6.45) is 1.53. The lowest BCUT2D eigenvalue weighted by Gasteiger charge is -2.07. The molecule has 2 aromatic carbocycles. The van der Waals surface area contributed by atoms with Gasteiger partial charge in [0.15, 0.2) is 10.7 Å². The third-order valence-electron chi connectivity index (χ3n) is 4.02. The Morgan fingerprint density at radius 3 is 2.89 bits per heavy atom. The largest absolute Gasteiger partial charge is 0.500 e. The van der Waals surface area contributed by atoms with Gasteiger partial charge in [-0.05, 0) is 36.8 Å². The fourth-order valence-electron chi connectivity index (χ4n) is 2.87. The Balaban J connectivity index is 1.94. The Morgan fingerprint density at radius 2 is 2.15 bits per heavy atom. The average Bonchev–Trinajstić information content (AvgIpc) is 3.14. The van der Waals surface area contributed by atoms with E-state index in [1.165, 1.54) is 33.9 Å². The zero-order valence-electron chi connectivity index (χ0n) is 14.1. The molecule has 136 valence electrons. The van der Waals surface area contributed by atoms with Gasteiger partial charge in [-0.25, -0.2) is 9.38 Å². The molecule has 2 aromatic heterocycles. The van der Waals surface area contributed by atoms with Crippen molar-refractivity contribution in [3.63, 3.8) is 0 Å². The lowest BCUT2D eigenvalue weighted by Crippen LogP contribution is -2.22. The minimum absolute atomic E-state index is 0.00261. The molecule has 0 aliphatic heterocycles. The highest BCUT2D eigenvalue weighted by Gasteiger charge is 2.20. The van der Waals surface area contributed by atoms with Crippen LogP contribution < -0.4 is 14.8 Å². The van der Waals surface area contributed by atoms with Crippen LogP contribution in [0, 0.1) is 10.1 Å². The molecule has 0 atom stereocenters. The van der Waals surface area contributed by atoms with E-state index in [0.717, 1.165) is 5.52 Å². The highest BCUT2D eigenvalue weighted by atomic mass is 32.1. The van der Waals surface area contributed by atoms with Gasteiger partial charge < -0.3 is 9.84 Å². The number of imidazole rings is 1. The second-order valence-electron chi connectivity index (χ2n) is 5.71. The van der Waals surface area contributed by atoms with Crippen LogP contribution in [0.2, 0.25) is 0 Å². The summed E-state index contributed by atoms with van der Waals surface area (Å²) < 4.78 is 7.17. The summed E-state index contributed by atoms with van der Waals surface area (Å²) in [4.78, 5) is 28.3. The molecule has 0 radical (unpaired) electrons. The molecule has 0 spiro atoms. The number of nitro benzene ring substituents is 1. The monoisotopic (exact) mass is 383 g/mol. The maximum Gasteiger partial charge on any atom is 0.315 e. The zero-order valence-corrected chi connectivity index (χ0v) is 14.9. The first-order valence-corrected chi connectivity index (χ1v) is 8.87. The summed E-state index contributed by atoms with van der Waals surface area (Å²) in [5, 5.41) is 21.2. The van der Waals surface area contributed by atoms with Gasteiger partial charge in [0.1, 0.15) is 0 Å². The van der Waals surface area contributed by atoms with Gasteiger partial charge in [0, 0.05) is 6.07 Å². The van der Waals surface area contributed by atoms with Crippen molar-refractivity contribution in [2.45, 2.75) is 6.92 Å². The van der Waals surface area contributed by atoms with Crippen LogP contribution in [0.4, 0.5) is 5.69 Å².